The average molecular weight is 278 g/mol. The van der Waals surface area contributed by atoms with Crippen LogP contribution in [0.1, 0.15) is 17.7 Å². The van der Waals surface area contributed by atoms with E-state index < -0.39 is 0 Å². The number of nitrogens with one attached hydrogen (secondary N) is 2. The van der Waals surface area contributed by atoms with Crippen LogP contribution in [0.15, 0.2) is 54.6 Å². The number of hydrogen-bond donors (Lipinski definition) is 2. The zero-order valence-corrected chi connectivity index (χ0v) is 12.0. The van der Waals surface area contributed by atoms with Crippen molar-refractivity contribution >= 4 is 22.5 Å². The third kappa shape index (κ3) is 3.14. The Bertz CT molecular complexity index is 740. The number of carbonyl (C=O) groups excluding carboxylic acids is 1. The van der Waals surface area contributed by atoms with Crippen LogP contribution in [-0.2, 0) is 11.2 Å². The standard InChI is InChI=1S/C18H18N2O/c1-13-6-2-4-8-16(13)20-18(21)11-10-15-12-14-7-3-5-9-17(14)19-15/h2-9,12,19H,10-11H2,1H3,(H,20,21). The van der Waals surface area contributed by atoms with E-state index in [0.29, 0.717) is 12.8 Å². The third-order valence-corrected chi connectivity index (χ3v) is 3.63. The van der Waals surface area contributed by atoms with Gasteiger partial charge in [0, 0.05) is 23.3 Å². The van der Waals surface area contributed by atoms with Gasteiger partial charge in [0.15, 0.2) is 0 Å². The first kappa shape index (κ1) is 13.4. The molecule has 0 unspecified atom stereocenters. The smallest absolute Gasteiger partial charge is 0.224 e. The Morgan fingerprint density at radius 2 is 1.86 bits per heavy atom. The Hall–Kier alpha value is -2.55. The Morgan fingerprint density at radius 1 is 1.10 bits per heavy atom. The summed E-state index contributed by atoms with van der Waals surface area (Å²) in [6, 6.07) is 18.1. The number of carbonyl (C=O) groups is 1. The van der Waals surface area contributed by atoms with Crippen molar-refractivity contribution in [3.8, 4) is 0 Å². The fourth-order valence-corrected chi connectivity index (χ4v) is 2.44. The van der Waals surface area contributed by atoms with Gasteiger partial charge < -0.3 is 10.3 Å². The van der Waals surface area contributed by atoms with E-state index in [-0.39, 0.29) is 5.91 Å². The van der Waals surface area contributed by atoms with Crippen molar-refractivity contribution in [1.29, 1.82) is 0 Å². The topological polar surface area (TPSA) is 44.9 Å². The zero-order valence-electron chi connectivity index (χ0n) is 12.0. The van der Waals surface area contributed by atoms with Crippen molar-refractivity contribution < 1.29 is 4.79 Å². The second-order valence-electron chi connectivity index (χ2n) is 5.24. The molecule has 0 saturated carbocycles. The second-order valence-corrected chi connectivity index (χ2v) is 5.24. The first-order valence-electron chi connectivity index (χ1n) is 7.14. The highest BCUT2D eigenvalue weighted by molar-refractivity contribution is 5.91. The van der Waals surface area contributed by atoms with E-state index in [1.54, 1.807) is 0 Å². The molecule has 106 valence electrons. The molecule has 3 nitrogen and oxygen atoms in total. The molecule has 21 heavy (non-hydrogen) atoms. The lowest BCUT2D eigenvalue weighted by molar-refractivity contribution is -0.116. The maximum atomic E-state index is 12.0. The van der Waals surface area contributed by atoms with Gasteiger partial charge >= 0.3 is 0 Å². The van der Waals surface area contributed by atoms with Crippen LogP contribution < -0.4 is 5.32 Å². The Kier molecular flexibility index (Phi) is 3.73. The number of H-pyrrole nitrogens is 1. The zero-order chi connectivity index (χ0) is 14.7. The van der Waals surface area contributed by atoms with Crippen molar-refractivity contribution in [3.05, 3.63) is 65.9 Å². The summed E-state index contributed by atoms with van der Waals surface area (Å²) in [7, 11) is 0. The van der Waals surface area contributed by atoms with Gasteiger partial charge in [0.2, 0.25) is 5.91 Å². The number of benzene rings is 2. The van der Waals surface area contributed by atoms with Gasteiger partial charge in [-0.2, -0.15) is 0 Å². The van der Waals surface area contributed by atoms with E-state index in [4.69, 9.17) is 0 Å². The summed E-state index contributed by atoms with van der Waals surface area (Å²) in [6.45, 7) is 1.99. The van der Waals surface area contributed by atoms with Crippen molar-refractivity contribution in [1.82, 2.24) is 4.98 Å². The third-order valence-electron chi connectivity index (χ3n) is 3.63. The number of fused-ring (bicyclic) bond motifs is 1. The van der Waals surface area contributed by atoms with Crippen LogP contribution in [0.25, 0.3) is 10.9 Å². The minimum Gasteiger partial charge on any atom is -0.358 e. The fourth-order valence-electron chi connectivity index (χ4n) is 2.44. The molecule has 0 aliphatic carbocycles. The molecule has 1 aromatic heterocycles. The molecule has 2 aromatic carbocycles. The predicted octanol–water partition coefficient (Wildman–Crippen LogP) is 4.05. The van der Waals surface area contributed by atoms with Gasteiger partial charge in [0.1, 0.15) is 0 Å². The van der Waals surface area contributed by atoms with Crippen LogP contribution in [-0.4, -0.2) is 10.9 Å². The Balaban J connectivity index is 1.62. The van der Waals surface area contributed by atoms with E-state index in [1.165, 1.54) is 5.39 Å². The van der Waals surface area contributed by atoms with E-state index >= 15 is 0 Å². The van der Waals surface area contributed by atoms with E-state index in [1.807, 2.05) is 49.4 Å². The van der Waals surface area contributed by atoms with Crippen LogP contribution in [0.2, 0.25) is 0 Å². The fraction of sp³-hybridized carbons (Fsp3) is 0.167. The molecular formula is C18H18N2O. The quantitative estimate of drug-likeness (QED) is 0.743. The Labute approximate surface area is 124 Å². The number of hydrogen-bond acceptors (Lipinski definition) is 1. The van der Waals surface area contributed by atoms with Gasteiger partial charge in [-0.25, -0.2) is 0 Å². The molecule has 0 saturated heterocycles. The molecule has 0 atom stereocenters. The SMILES string of the molecule is Cc1ccccc1NC(=O)CCc1cc2ccccc2[nH]1. The number of aromatic nitrogens is 1. The van der Waals surface area contributed by atoms with Crippen molar-refractivity contribution in [3.63, 3.8) is 0 Å². The largest absolute Gasteiger partial charge is 0.358 e. The maximum absolute atomic E-state index is 12.0. The summed E-state index contributed by atoms with van der Waals surface area (Å²) in [6.07, 6.45) is 1.19. The molecule has 1 heterocycles. The minimum absolute atomic E-state index is 0.0444. The molecule has 3 rings (SSSR count). The first-order valence-corrected chi connectivity index (χ1v) is 7.14. The molecule has 0 radical (unpaired) electrons. The van der Waals surface area contributed by atoms with Gasteiger partial charge in [-0.05, 0) is 42.5 Å². The highest BCUT2D eigenvalue weighted by atomic mass is 16.1. The molecule has 0 spiro atoms. The lowest BCUT2D eigenvalue weighted by Crippen LogP contribution is -2.13. The normalized spacial score (nSPS) is 10.7. The predicted molar refractivity (Wildman–Crippen MR) is 86.4 cm³/mol. The minimum atomic E-state index is 0.0444. The molecule has 3 aromatic rings. The van der Waals surface area contributed by atoms with Crippen LogP contribution in [0.3, 0.4) is 0 Å². The number of aromatic amines is 1. The van der Waals surface area contributed by atoms with Crippen molar-refractivity contribution in [2.75, 3.05) is 5.32 Å². The van der Waals surface area contributed by atoms with Crippen molar-refractivity contribution in [2.24, 2.45) is 0 Å². The summed E-state index contributed by atoms with van der Waals surface area (Å²) < 4.78 is 0. The van der Waals surface area contributed by atoms with Crippen LogP contribution in [0.5, 0.6) is 0 Å². The molecule has 3 heteroatoms. The second kappa shape index (κ2) is 5.83. The molecule has 0 aliphatic heterocycles. The molecule has 1 amide bonds. The molecule has 0 fully saturated rings. The lowest BCUT2D eigenvalue weighted by Gasteiger charge is -2.07. The van der Waals surface area contributed by atoms with Gasteiger partial charge in [0.25, 0.3) is 0 Å². The molecule has 2 N–H and O–H groups in total. The van der Waals surface area contributed by atoms with E-state index in [2.05, 4.69) is 22.4 Å². The lowest BCUT2D eigenvalue weighted by atomic mass is 10.2. The monoisotopic (exact) mass is 278 g/mol. The summed E-state index contributed by atoms with van der Waals surface area (Å²) in [5.74, 6) is 0.0444. The average Bonchev–Trinajstić information content (AvgIpc) is 2.90. The number of rotatable bonds is 4. The number of para-hydroxylation sites is 2. The van der Waals surface area contributed by atoms with E-state index in [9.17, 15) is 4.79 Å². The molecular weight excluding hydrogens is 260 g/mol. The highest BCUT2D eigenvalue weighted by Crippen LogP contribution is 2.17. The number of anilines is 1. The van der Waals surface area contributed by atoms with E-state index in [0.717, 1.165) is 22.5 Å². The van der Waals surface area contributed by atoms with Gasteiger partial charge in [-0.3, -0.25) is 4.79 Å². The summed E-state index contributed by atoms with van der Waals surface area (Å²) in [5, 5.41) is 4.15. The van der Waals surface area contributed by atoms with Gasteiger partial charge in [-0.1, -0.05) is 36.4 Å². The maximum Gasteiger partial charge on any atom is 0.224 e. The van der Waals surface area contributed by atoms with Crippen LogP contribution in [0, 0.1) is 6.92 Å². The molecule has 0 aliphatic rings. The van der Waals surface area contributed by atoms with Crippen LogP contribution in [0.4, 0.5) is 5.69 Å². The first-order chi connectivity index (χ1) is 10.2. The summed E-state index contributed by atoms with van der Waals surface area (Å²) in [4.78, 5) is 15.4. The number of amides is 1. The Morgan fingerprint density at radius 3 is 2.67 bits per heavy atom. The summed E-state index contributed by atoms with van der Waals surface area (Å²) in [5.41, 5.74) is 4.18. The van der Waals surface area contributed by atoms with Gasteiger partial charge in [-0.15, -0.1) is 0 Å². The number of aryl methyl sites for hydroxylation is 2. The van der Waals surface area contributed by atoms with Crippen molar-refractivity contribution in [2.45, 2.75) is 19.8 Å². The summed E-state index contributed by atoms with van der Waals surface area (Å²) >= 11 is 0. The van der Waals surface area contributed by atoms with Gasteiger partial charge in [0.05, 0.1) is 0 Å². The van der Waals surface area contributed by atoms with Crippen LogP contribution >= 0.6 is 0 Å². The molecule has 0 bridgehead atoms. The highest BCUT2D eigenvalue weighted by Gasteiger charge is 2.06.